The Balaban J connectivity index is 2.39. The first kappa shape index (κ1) is 17.6. The van der Waals surface area contributed by atoms with Gasteiger partial charge >= 0.3 is 0 Å². The molecule has 0 unspecified atom stereocenters. The van der Waals surface area contributed by atoms with Gasteiger partial charge in [0.05, 0.1) is 6.26 Å². The van der Waals surface area contributed by atoms with E-state index in [1.807, 2.05) is 13.0 Å². The standard InChI is InChI=1S/C14H23N3O3S/c1-3-4-9-17(21(2,19)20)10-7-14(18)16-12-13-6-5-8-15-11-13/h5-6,8,11H,3-4,7,9-10,12H2,1-2H3,(H,16,18). The second-order valence-corrected chi connectivity index (χ2v) is 6.89. The van der Waals surface area contributed by atoms with Crippen molar-refractivity contribution in [3.05, 3.63) is 30.1 Å². The molecule has 0 radical (unpaired) electrons. The monoisotopic (exact) mass is 313 g/mol. The maximum absolute atomic E-state index is 11.8. The van der Waals surface area contributed by atoms with Crippen LogP contribution in [0.1, 0.15) is 31.7 Å². The van der Waals surface area contributed by atoms with Gasteiger partial charge in [0.2, 0.25) is 15.9 Å². The number of nitrogens with one attached hydrogen (secondary N) is 1. The van der Waals surface area contributed by atoms with Crippen LogP contribution in [0.4, 0.5) is 0 Å². The summed E-state index contributed by atoms with van der Waals surface area (Å²) in [7, 11) is -3.26. The highest BCUT2D eigenvalue weighted by Crippen LogP contribution is 2.03. The van der Waals surface area contributed by atoms with Crippen LogP contribution in [0.3, 0.4) is 0 Å². The molecule has 1 aromatic heterocycles. The lowest BCUT2D eigenvalue weighted by atomic mass is 10.3. The Morgan fingerprint density at radius 1 is 1.38 bits per heavy atom. The third kappa shape index (κ3) is 7.19. The molecule has 0 aliphatic heterocycles. The zero-order chi connectivity index (χ0) is 15.7. The zero-order valence-electron chi connectivity index (χ0n) is 12.6. The van der Waals surface area contributed by atoms with Crippen LogP contribution < -0.4 is 5.32 Å². The van der Waals surface area contributed by atoms with Crippen molar-refractivity contribution in [1.82, 2.24) is 14.6 Å². The van der Waals surface area contributed by atoms with E-state index < -0.39 is 10.0 Å². The first-order valence-corrected chi connectivity index (χ1v) is 8.89. The van der Waals surface area contributed by atoms with Crippen molar-refractivity contribution in [3.63, 3.8) is 0 Å². The van der Waals surface area contributed by atoms with Gasteiger partial charge in [-0.3, -0.25) is 9.78 Å². The summed E-state index contributed by atoms with van der Waals surface area (Å²) in [4.78, 5) is 15.7. The van der Waals surface area contributed by atoms with Crippen LogP contribution in [0.5, 0.6) is 0 Å². The number of amides is 1. The van der Waals surface area contributed by atoms with Gasteiger partial charge in [0, 0.05) is 38.4 Å². The van der Waals surface area contributed by atoms with E-state index in [2.05, 4.69) is 10.3 Å². The highest BCUT2D eigenvalue weighted by atomic mass is 32.2. The molecule has 6 nitrogen and oxygen atoms in total. The number of hydrogen-bond donors (Lipinski definition) is 1. The van der Waals surface area contributed by atoms with Crippen molar-refractivity contribution < 1.29 is 13.2 Å². The van der Waals surface area contributed by atoms with Gasteiger partial charge in [0.15, 0.2) is 0 Å². The summed E-state index contributed by atoms with van der Waals surface area (Å²) in [5.74, 6) is -0.163. The van der Waals surface area contributed by atoms with Crippen molar-refractivity contribution in [1.29, 1.82) is 0 Å². The molecule has 21 heavy (non-hydrogen) atoms. The number of aromatic nitrogens is 1. The van der Waals surface area contributed by atoms with E-state index in [4.69, 9.17) is 0 Å². The number of sulfonamides is 1. The molecular weight excluding hydrogens is 290 g/mol. The Hall–Kier alpha value is -1.47. The van der Waals surface area contributed by atoms with Gasteiger partial charge in [-0.25, -0.2) is 12.7 Å². The highest BCUT2D eigenvalue weighted by molar-refractivity contribution is 7.88. The minimum atomic E-state index is -3.26. The van der Waals surface area contributed by atoms with Crippen LogP contribution in [0, 0.1) is 0 Å². The number of carbonyl (C=O) groups is 1. The van der Waals surface area contributed by atoms with Crippen LogP contribution in [-0.2, 0) is 21.4 Å². The molecule has 0 fully saturated rings. The minimum absolute atomic E-state index is 0.163. The first-order chi connectivity index (χ1) is 9.93. The van der Waals surface area contributed by atoms with Gasteiger partial charge < -0.3 is 5.32 Å². The van der Waals surface area contributed by atoms with E-state index in [1.54, 1.807) is 18.5 Å². The normalized spacial score (nSPS) is 11.6. The largest absolute Gasteiger partial charge is 0.352 e. The lowest BCUT2D eigenvalue weighted by Gasteiger charge is -2.19. The van der Waals surface area contributed by atoms with E-state index in [9.17, 15) is 13.2 Å². The third-order valence-corrected chi connectivity index (χ3v) is 4.33. The van der Waals surface area contributed by atoms with E-state index >= 15 is 0 Å². The second kappa shape index (κ2) is 8.74. The van der Waals surface area contributed by atoms with Crippen LogP contribution in [0.25, 0.3) is 0 Å². The van der Waals surface area contributed by atoms with Gasteiger partial charge in [-0.1, -0.05) is 19.4 Å². The number of pyridine rings is 1. The molecule has 0 bridgehead atoms. The van der Waals surface area contributed by atoms with Gasteiger partial charge in [-0.15, -0.1) is 0 Å². The molecule has 0 aromatic carbocycles. The number of carbonyl (C=O) groups excluding carboxylic acids is 1. The molecule has 118 valence electrons. The summed E-state index contributed by atoms with van der Waals surface area (Å²) in [6.45, 7) is 3.09. The molecule has 1 amide bonds. The second-order valence-electron chi connectivity index (χ2n) is 4.90. The summed E-state index contributed by atoms with van der Waals surface area (Å²) in [5.41, 5.74) is 0.914. The summed E-state index contributed by atoms with van der Waals surface area (Å²) in [6, 6.07) is 3.68. The molecule has 0 aliphatic rings. The summed E-state index contributed by atoms with van der Waals surface area (Å²) in [6.07, 6.45) is 6.41. The maximum atomic E-state index is 11.8. The van der Waals surface area contributed by atoms with Crippen LogP contribution in [0.15, 0.2) is 24.5 Å². The Bertz CT molecular complexity index is 532. The molecule has 0 aliphatic carbocycles. The Kier molecular flexibility index (Phi) is 7.31. The van der Waals surface area contributed by atoms with Crippen molar-refractivity contribution in [2.75, 3.05) is 19.3 Å². The fraction of sp³-hybridized carbons (Fsp3) is 0.571. The molecule has 1 rings (SSSR count). The van der Waals surface area contributed by atoms with Crippen LogP contribution in [-0.4, -0.2) is 43.0 Å². The lowest BCUT2D eigenvalue weighted by molar-refractivity contribution is -0.121. The predicted octanol–water partition coefficient (Wildman–Crippen LogP) is 1.15. The highest BCUT2D eigenvalue weighted by Gasteiger charge is 2.16. The SMILES string of the molecule is CCCCN(CCC(=O)NCc1cccnc1)S(C)(=O)=O. The van der Waals surface area contributed by atoms with E-state index in [0.29, 0.717) is 13.1 Å². The topological polar surface area (TPSA) is 79.4 Å². The van der Waals surface area contributed by atoms with E-state index in [-0.39, 0.29) is 18.9 Å². The van der Waals surface area contributed by atoms with Crippen molar-refractivity contribution in [3.8, 4) is 0 Å². The van der Waals surface area contributed by atoms with Gasteiger partial charge in [0.25, 0.3) is 0 Å². The van der Waals surface area contributed by atoms with Crippen molar-refractivity contribution >= 4 is 15.9 Å². The zero-order valence-corrected chi connectivity index (χ0v) is 13.4. The molecule has 0 spiro atoms. The maximum Gasteiger partial charge on any atom is 0.221 e. The van der Waals surface area contributed by atoms with Crippen molar-refractivity contribution in [2.24, 2.45) is 0 Å². The number of unbranched alkanes of at least 4 members (excludes halogenated alkanes) is 1. The van der Waals surface area contributed by atoms with Crippen molar-refractivity contribution in [2.45, 2.75) is 32.7 Å². The Labute approximate surface area is 126 Å². The number of rotatable bonds is 9. The fourth-order valence-electron chi connectivity index (χ4n) is 1.80. The van der Waals surface area contributed by atoms with Crippen LogP contribution in [0.2, 0.25) is 0 Å². The third-order valence-electron chi connectivity index (χ3n) is 3.03. The number of nitrogens with zero attached hydrogens (tertiary/aromatic N) is 2. The lowest BCUT2D eigenvalue weighted by Crippen LogP contribution is -2.35. The van der Waals surface area contributed by atoms with Crippen LogP contribution >= 0.6 is 0 Å². The fourth-order valence-corrected chi connectivity index (χ4v) is 2.68. The first-order valence-electron chi connectivity index (χ1n) is 7.04. The summed E-state index contributed by atoms with van der Waals surface area (Å²) >= 11 is 0. The Morgan fingerprint density at radius 3 is 2.71 bits per heavy atom. The van der Waals surface area contributed by atoms with E-state index in [0.717, 1.165) is 18.4 Å². The molecule has 0 saturated heterocycles. The summed E-state index contributed by atoms with van der Waals surface area (Å²) < 4.78 is 24.6. The Morgan fingerprint density at radius 2 is 2.14 bits per heavy atom. The quantitative estimate of drug-likeness (QED) is 0.741. The average Bonchev–Trinajstić information content (AvgIpc) is 2.45. The molecule has 0 saturated carbocycles. The van der Waals surface area contributed by atoms with E-state index in [1.165, 1.54) is 10.6 Å². The molecule has 1 aromatic rings. The predicted molar refractivity (Wildman–Crippen MR) is 82.0 cm³/mol. The minimum Gasteiger partial charge on any atom is -0.352 e. The summed E-state index contributed by atoms with van der Waals surface area (Å²) in [5, 5.41) is 2.76. The molecule has 7 heteroatoms. The van der Waals surface area contributed by atoms with Gasteiger partial charge in [0.1, 0.15) is 0 Å². The molecule has 1 heterocycles. The molecule has 0 atom stereocenters. The molecule has 1 N–H and O–H groups in total. The average molecular weight is 313 g/mol. The smallest absolute Gasteiger partial charge is 0.221 e. The number of hydrogen-bond acceptors (Lipinski definition) is 4. The van der Waals surface area contributed by atoms with Gasteiger partial charge in [-0.05, 0) is 18.1 Å². The van der Waals surface area contributed by atoms with Gasteiger partial charge in [-0.2, -0.15) is 0 Å². The molecular formula is C14H23N3O3S.